The Labute approximate surface area is 188 Å². The molecule has 3 rings (SSSR count). The fourth-order valence-corrected chi connectivity index (χ4v) is 4.27. The first-order chi connectivity index (χ1) is 15.0. The zero-order valence-corrected chi connectivity index (χ0v) is 18.9. The molecule has 0 aliphatic heterocycles. The van der Waals surface area contributed by atoms with E-state index in [4.69, 9.17) is 0 Å². The Morgan fingerprint density at radius 2 is 1.81 bits per heavy atom. The lowest BCUT2D eigenvalue weighted by molar-refractivity contribution is -0.117. The molecule has 0 bridgehead atoms. The van der Waals surface area contributed by atoms with Crippen LogP contribution in [0.3, 0.4) is 0 Å². The second-order valence-electron chi connectivity index (χ2n) is 7.45. The number of carbonyl (C=O) groups excluding carboxylic acids is 2. The van der Waals surface area contributed by atoms with Crippen LogP contribution in [0, 0.1) is 6.92 Å². The monoisotopic (exact) mass is 435 g/mol. The van der Waals surface area contributed by atoms with Gasteiger partial charge in [-0.1, -0.05) is 36.4 Å². The average molecular weight is 436 g/mol. The number of benzene rings is 2. The van der Waals surface area contributed by atoms with Gasteiger partial charge in [-0.15, -0.1) is 11.3 Å². The van der Waals surface area contributed by atoms with Crippen LogP contribution in [-0.2, 0) is 17.8 Å². The topological polar surface area (TPSA) is 61.4 Å². The predicted octanol–water partition coefficient (Wildman–Crippen LogP) is 4.49. The van der Waals surface area contributed by atoms with E-state index in [9.17, 15) is 9.59 Å². The molecule has 1 heterocycles. The molecule has 0 fully saturated rings. The van der Waals surface area contributed by atoms with Gasteiger partial charge in [0.05, 0.1) is 6.54 Å². The van der Waals surface area contributed by atoms with Crippen molar-refractivity contribution in [1.82, 2.24) is 10.2 Å². The second-order valence-corrected chi connectivity index (χ2v) is 8.82. The highest BCUT2D eigenvalue weighted by atomic mass is 32.1. The summed E-state index contributed by atoms with van der Waals surface area (Å²) in [6.45, 7) is 6.34. The zero-order chi connectivity index (χ0) is 22.1. The number of aryl methyl sites for hydroxylation is 1. The van der Waals surface area contributed by atoms with Gasteiger partial charge >= 0.3 is 0 Å². The van der Waals surface area contributed by atoms with Gasteiger partial charge in [0.25, 0.3) is 5.91 Å². The molecular weight excluding hydrogens is 406 g/mol. The first kappa shape index (κ1) is 22.7. The molecule has 0 saturated carbocycles. The van der Waals surface area contributed by atoms with Crippen LogP contribution in [0.15, 0.2) is 66.7 Å². The largest absolute Gasteiger partial charge is 0.352 e. The van der Waals surface area contributed by atoms with E-state index >= 15 is 0 Å². The molecule has 2 aromatic carbocycles. The van der Waals surface area contributed by atoms with E-state index in [1.165, 1.54) is 15.3 Å². The molecule has 6 heteroatoms. The summed E-state index contributed by atoms with van der Waals surface area (Å²) in [6, 6.07) is 21.6. The minimum atomic E-state index is -0.142. The number of thiophene rings is 1. The Morgan fingerprint density at radius 1 is 1.00 bits per heavy atom. The highest BCUT2D eigenvalue weighted by Crippen LogP contribution is 2.18. The normalized spacial score (nSPS) is 10.8. The number of rotatable bonds is 10. The molecule has 0 aliphatic rings. The maximum atomic E-state index is 12.8. The quantitative estimate of drug-likeness (QED) is 0.493. The van der Waals surface area contributed by atoms with Crippen molar-refractivity contribution in [2.45, 2.75) is 26.8 Å². The van der Waals surface area contributed by atoms with E-state index in [1.54, 1.807) is 35.6 Å². The molecule has 1 aromatic heterocycles. The summed E-state index contributed by atoms with van der Waals surface area (Å²) in [5.41, 5.74) is 2.42. The first-order valence-electron chi connectivity index (χ1n) is 10.5. The minimum absolute atomic E-state index is 0.0885. The van der Waals surface area contributed by atoms with Crippen molar-refractivity contribution in [1.29, 1.82) is 0 Å². The van der Waals surface area contributed by atoms with Crippen molar-refractivity contribution >= 4 is 28.8 Å². The maximum absolute atomic E-state index is 12.8. The van der Waals surface area contributed by atoms with Crippen molar-refractivity contribution < 1.29 is 9.59 Å². The summed E-state index contributed by atoms with van der Waals surface area (Å²) in [7, 11) is 0. The van der Waals surface area contributed by atoms with E-state index in [-0.39, 0.29) is 18.4 Å². The summed E-state index contributed by atoms with van der Waals surface area (Å²) in [5, 5.41) is 5.72. The lowest BCUT2D eigenvalue weighted by atomic mass is 10.1. The third-order valence-electron chi connectivity index (χ3n) is 4.85. The van der Waals surface area contributed by atoms with E-state index in [2.05, 4.69) is 46.7 Å². The Kier molecular flexibility index (Phi) is 8.38. The summed E-state index contributed by atoms with van der Waals surface area (Å²) in [5.74, 6) is -0.231. The fraction of sp³-hybridized carbons (Fsp3) is 0.280. The van der Waals surface area contributed by atoms with E-state index in [1.807, 2.05) is 25.1 Å². The lowest BCUT2D eigenvalue weighted by Crippen LogP contribution is -2.34. The summed E-state index contributed by atoms with van der Waals surface area (Å²) >= 11 is 1.76. The number of nitrogens with one attached hydrogen (secondary N) is 2. The first-order valence-corrected chi connectivity index (χ1v) is 11.3. The van der Waals surface area contributed by atoms with Crippen LogP contribution < -0.4 is 10.6 Å². The van der Waals surface area contributed by atoms with Crippen LogP contribution in [0.1, 0.15) is 32.6 Å². The fourth-order valence-electron chi connectivity index (χ4n) is 3.34. The predicted molar refractivity (Wildman–Crippen MR) is 128 cm³/mol. The maximum Gasteiger partial charge on any atom is 0.251 e. The Morgan fingerprint density at radius 3 is 2.52 bits per heavy atom. The molecule has 162 valence electrons. The van der Waals surface area contributed by atoms with Crippen LogP contribution >= 0.6 is 11.3 Å². The lowest BCUT2D eigenvalue weighted by Gasteiger charge is -2.21. The molecule has 0 unspecified atom stereocenters. The molecular formula is C25H29N3O2S. The van der Waals surface area contributed by atoms with Gasteiger partial charge in [0.15, 0.2) is 0 Å². The molecule has 2 amide bonds. The third kappa shape index (κ3) is 7.35. The molecule has 31 heavy (non-hydrogen) atoms. The van der Waals surface area contributed by atoms with Crippen LogP contribution in [0.5, 0.6) is 0 Å². The van der Waals surface area contributed by atoms with E-state index in [0.717, 1.165) is 19.5 Å². The van der Waals surface area contributed by atoms with Crippen molar-refractivity contribution in [3.63, 3.8) is 0 Å². The molecule has 0 saturated heterocycles. The van der Waals surface area contributed by atoms with E-state index in [0.29, 0.717) is 17.8 Å². The van der Waals surface area contributed by atoms with Gasteiger partial charge in [0, 0.05) is 40.6 Å². The van der Waals surface area contributed by atoms with Gasteiger partial charge in [-0.2, -0.15) is 0 Å². The van der Waals surface area contributed by atoms with Crippen molar-refractivity contribution in [2.24, 2.45) is 0 Å². The van der Waals surface area contributed by atoms with Gasteiger partial charge in [-0.05, 0) is 56.2 Å². The molecule has 0 radical (unpaired) electrons. The molecule has 3 aromatic rings. The average Bonchev–Trinajstić information content (AvgIpc) is 3.17. The molecule has 0 spiro atoms. The molecule has 2 N–H and O–H groups in total. The van der Waals surface area contributed by atoms with Crippen molar-refractivity contribution in [3.05, 3.63) is 87.6 Å². The van der Waals surface area contributed by atoms with Crippen molar-refractivity contribution in [3.8, 4) is 0 Å². The summed E-state index contributed by atoms with van der Waals surface area (Å²) in [6.07, 6.45) is 0.880. The van der Waals surface area contributed by atoms with Crippen molar-refractivity contribution in [2.75, 3.05) is 25.0 Å². The molecule has 0 aliphatic carbocycles. The minimum Gasteiger partial charge on any atom is -0.352 e. The number of carbonyl (C=O) groups is 2. The SMILES string of the molecule is CCNC(=O)c1cccc(NC(=O)CN(CCc2ccccc2)Cc2ccc(C)s2)c1. The highest BCUT2D eigenvalue weighted by molar-refractivity contribution is 7.11. The number of nitrogens with zero attached hydrogens (tertiary/aromatic N) is 1. The molecule has 5 nitrogen and oxygen atoms in total. The zero-order valence-electron chi connectivity index (χ0n) is 18.1. The van der Waals surface area contributed by atoms with Crippen LogP contribution in [0.4, 0.5) is 5.69 Å². The standard InChI is InChI=1S/C25H29N3O2S/c1-3-26-25(30)21-10-7-11-22(16-21)27-24(29)18-28(17-23-13-12-19(2)31-23)15-14-20-8-5-4-6-9-20/h4-13,16H,3,14-15,17-18H2,1-2H3,(H,26,30)(H,27,29). The number of hydrogen-bond donors (Lipinski definition) is 2. The van der Waals surface area contributed by atoms with Crippen LogP contribution in [0.2, 0.25) is 0 Å². The molecule has 0 atom stereocenters. The number of anilines is 1. The smallest absolute Gasteiger partial charge is 0.251 e. The van der Waals surface area contributed by atoms with Gasteiger partial charge in [0.1, 0.15) is 0 Å². The second kappa shape index (κ2) is 11.4. The number of hydrogen-bond acceptors (Lipinski definition) is 4. The Hall–Kier alpha value is -2.96. The highest BCUT2D eigenvalue weighted by Gasteiger charge is 2.14. The third-order valence-corrected chi connectivity index (χ3v) is 5.83. The summed E-state index contributed by atoms with van der Waals surface area (Å²) < 4.78 is 0. The van der Waals surface area contributed by atoms with Gasteiger partial charge in [0.2, 0.25) is 5.91 Å². The van der Waals surface area contributed by atoms with Crippen LogP contribution in [-0.4, -0.2) is 36.3 Å². The Bertz CT molecular complexity index is 1000. The van der Waals surface area contributed by atoms with Gasteiger partial charge < -0.3 is 10.6 Å². The van der Waals surface area contributed by atoms with E-state index < -0.39 is 0 Å². The number of amides is 2. The van der Waals surface area contributed by atoms with Crippen LogP contribution in [0.25, 0.3) is 0 Å². The van der Waals surface area contributed by atoms with Gasteiger partial charge in [-0.25, -0.2) is 0 Å². The van der Waals surface area contributed by atoms with Gasteiger partial charge in [-0.3, -0.25) is 14.5 Å². The Balaban J connectivity index is 1.64. The summed E-state index contributed by atoms with van der Waals surface area (Å²) in [4.78, 5) is 29.5.